The van der Waals surface area contributed by atoms with E-state index < -0.39 is 11.9 Å². The summed E-state index contributed by atoms with van der Waals surface area (Å²) >= 11 is 0. The van der Waals surface area contributed by atoms with Gasteiger partial charge in [0.2, 0.25) is 0 Å². The second-order valence-corrected chi connectivity index (χ2v) is 4.23. The van der Waals surface area contributed by atoms with Gasteiger partial charge >= 0.3 is 11.9 Å². The standard InChI is InChI=1S/C15H21NO4/c1-5-12-9-8-10-13(14(12)19-11(4)17)15(18)20-16(6-2)7-3/h8-10H,5-7H2,1-4H3. The normalized spacial score (nSPS) is 10.4. The number of hydrogen-bond donors (Lipinski definition) is 0. The number of nitrogens with zero attached hydrogens (tertiary/aromatic N) is 1. The summed E-state index contributed by atoms with van der Waals surface area (Å²) in [6, 6.07) is 5.18. The average molecular weight is 279 g/mol. The SMILES string of the molecule is CCc1cccc(C(=O)ON(CC)CC)c1OC(C)=O. The summed E-state index contributed by atoms with van der Waals surface area (Å²) in [6.45, 7) is 8.23. The lowest BCUT2D eigenvalue weighted by atomic mass is 10.1. The number of carbonyl (C=O) groups is 2. The number of esters is 1. The van der Waals surface area contributed by atoms with E-state index in [4.69, 9.17) is 9.57 Å². The van der Waals surface area contributed by atoms with E-state index in [2.05, 4.69) is 0 Å². The summed E-state index contributed by atoms with van der Waals surface area (Å²) in [5.74, 6) is -0.678. The number of hydroxylamine groups is 2. The number of para-hydroxylation sites is 1. The molecule has 20 heavy (non-hydrogen) atoms. The largest absolute Gasteiger partial charge is 0.426 e. The first-order valence-electron chi connectivity index (χ1n) is 6.80. The third-order valence-electron chi connectivity index (χ3n) is 2.86. The minimum atomic E-state index is -0.514. The maximum Gasteiger partial charge on any atom is 0.360 e. The Bertz CT molecular complexity index is 481. The molecule has 5 nitrogen and oxygen atoms in total. The molecule has 0 saturated carbocycles. The van der Waals surface area contributed by atoms with Crippen LogP contribution >= 0.6 is 0 Å². The van der Waals surface area contributed by atoms with Gasteiger partial charge in [0.15, 0.2) is 0 Å². The van der Waals surface area contributed by atoms with Crippen LogP contribution in [0.2, 0.25) is 0 Å². The Morgan fingerprint density at radius 2 is 1.80 bits per heavy atom. The highest BCUT2D eigenvalue weighted by atomic mass is 16.7. The maximum atomic E-state index is 12.2. The van der Waals surface area contributed by atoms with Gasteiger partial charge in [-0.1, -0.05) is 19.1 Å². The summed E-state index contributed by atoms with van der Waals surface area (Å²) in [4.78, 5) is 28.7. The van der Waals surface area contributed by atoms with Crippen LogP contribution < -0.4 is 4.74 Å². The minimum absolute atomic E-state index is 0.270. The molecule has 0 N–H and O–H groups in total. The van der Waals surface area contributed by atoms with Crippen LogP contribution in [0, 0.1) is 0 Å². The molecule has 0 spiro atoms. The van der Waals surface area contributed by atoms with Gasteiger partial charge < -0.3 is 9.57 Å². The zero-order valence-electron chi connectivity index (χ0n) is 12.4. The second kappa shape index (κ2) is 7.65. The van der Waals surface area contributed by atoms with E-state index in [-0.39, 0.29) is 5.56 Å². The van der Waals surface area contributed by atoms with Gasteiger partial charge in [-0.15, -0.1) is 5.06 Å². The van der Waals surface area contributed by atoms with Crippen molar-refractivity contribution in [3.05, 3.63) is 29.3 Å². The third kappa shape index (κ3) is 4.06. The van der Waals surface area contributed by atoms with Gasteiger partial charge in [-0.3, -0.25) is 4.79 Å². The van der Waals surface area contributed by atoms with Crippen LogP contribution in [0.3, 0.4) is 0 Å². The third-order valence-corrected chi connectivity index (χ3v) is 2.86. The van der Waals surface area contributed by atoms with E-state index in [9.17, 15) is 9.59 Å². The van der Waals surface area contributed by atoms with Crippen molar-refractivity contribution in [2.75, 3.05) is 13.1 Å². The number of aryl methyl sites for hydroxylation is 1. The Balaban J connectivity index is 3.09. The predicted molar refractivity (Wildman–Crippen MR) is 75.5 cm³/mol. The first-order chi connectivity index (χ1) is 9.53. The smallest absolute Gasteiger partial charge is 0.360 e. The van der Waals surface area contributed by atoms with Crippen LogP contribution in [-0.4, -0.2) is 30.1 Å². The van der Waals surface area contributed by atoms with E-state index in [1.807, 2.05) is 26.8 Å². The van der Waals surface area contributed by atoms with Crippen LogP contribution in [0.5, 0.6) is 5.75 Å². The summed E-state index contributed by atoms with van der Waals surface area (Å²) < 4.78 is 5.18. The van der Waals surface area contributed by atoms with E-state index in [1.54, 1.807) is 17.2 Å². The van der Waals surface area contributed by atoms with Gasteiger partial charge in [0.25, 0.3) is 0 Å². The molecule has 0 atom stereocenters. The van der Waals surface area contributed by atoms with Crippen molar-refractivity contribution in [2.24, 2.45) is 0 Å². The highest BCUT2D eigenvalue weighted by Crippen LogP contribution is 2.26. The number of rotatable bonds is 6. The van der Waals surface area contributed by atoms with E-state index in [1.165, 1.54) is 6.92 Å². The highest BCUT2D eigenvalue weighted by Gasteiger charge is 2.20. The van der Waals surface area contributed by atoms with Crippen molar-refractivity contribution < 1.29 is 19.2 Å². The number of benzene rings is 1. The lowest BCUT2D eigenvalue weighted by Gasteiger charge is -2.18. The minimum Gasteiger partial charge on any atom is -0.426 e. The number of hydrogen-bond acceptors (Lipinski definition) is 5. The van der Waals surface area contributed by atoms with Gasteiger partial charge in [-0.05, 0) is 31.9 Å². The zero-order chi connectivity index (χ0) is 15.1. The molecule has 0 unspecified atom stereocenters. The molecule has 110 valence electrons. The zero-order valence-corrected chi connectivity index (χ0v) is 12.4. The van der Waals surface area contributed by atoms with Gasteiger partial charge in [0.1, 0.15) is 11.3 Å². The fourth-order valence-corrected chi connectivity index (χ4v) is 1.81. The Labute approximate surface area is 119 Å². The molecular formula is C15H21NO4. The average Bonchev–Trinajstić information content (AvgIpc) is 2.44. The second-order valence-electron chi connectivity index (χ2n) is 4.23. The summed E-state index contributed by atoms with van der Waals surface area (Å²) in [5, 5.41) is 1.54. The van der Waals surface area contributed by atoms with Crippen molar-refractivity contribution >= 4 is 11.9 Å². The van der Waals surface area contributed by atoms with Gasteiger partial charge in [0.05, 0.1) is 0 Å². The Kier molecular flexibility index (Phi) is 6.18. The van der Waals surface area contributed by atoms with Crippen molar-refractivity contribution in [2.45, 2.75) is 34.1 Å². The van der Waals surface area contributed by atoms with E-state index >= 15 is 0 Å². The number of carbonyl (C=O) groups excluding carboxylic acids is 2. The molecule has 0 saturated heterocycles. The van der Waals surface area contributed by atoms with Gasteiger partial charge in [-0.2, -0.15) is 0 Å². The molecule has 5 heteroatoms. The molecule has 0 aliphatic rings. The van der Waals surface area contributed by atoms with E-state index in [0.29, 0.717) is 25.3 Å². The van der Waals surface area contributed by atoms with Crippen LogP contribution in [0.1, 0.15) is 43.6 Å². The summed E-state index contributed by atoms with van der Waals surface area (Å²) in [6.07, 6.45) is 0.662. The van der Waals surface area contributed by atoms with Crippen LogP contribution in [-0.2, 0) is 16.1 Å². The molecule has 0 amide bonds. The van der Waals surface area contributed by atoms with Crippen molar-refractivity contribution in [3.8, 4) is 5.75 Å². The fraction of sp³-hybridized carbons (Fsp3) is 0.467. The van der Waals surface area contributed by atoms with Gasteiger partial charge in [0, 0.05) is 20.0 Å². The maximum absolute atomic E-state index is 12.2. The molecule has 0 heterocycles. The molecule has 0 aromatic heterocycles. The molecule has 0 aliphatic heterocycles. The Hall–Kier alpha value is -1.88. The molecule has 1 rings (SSSR count). The molecule has 0 radical (unpaired) electrons. The lowest BCUT2D eigenvalue weighted by Crippen LogP contribution is -2.27. The molecule has 1 aromatic rings. The Morgan fingerprint density at radius 3 is 2.30 bits per heavy atom. The number of ether oxygens (including phenoxy) is 1. The van der Waals surface area contributed by atoms with Crippen molar-refractivity contribution in [1.82, 2.24) is 5.06 Å². The van der Waals surface area contributed by atoms with Crippen LogP contribution in [0.4, 0.5) is 0 Å². The predicted octanol–water partition coefficient (Wildman–Crippen LogP) is 2.59. The van der Waals surface area contributed by atoms with Crippen LogP contribution in [0.25, 0.3) is 0 Å². The molecule has 0 fully saturated rings. The first-order valence-corrected chi connectivity index (χ1v) is 6.80. The first kappa shape index (κ1) is 16.2. The quantitative estimate of drug-likeness (QED) is 0.455. The Morgan fingerprint density at radius 1 is 1.15 bits per heavy atom. The van der Waals surface area contributed by atoms with Crippen molar-refractivity contribution in [1.29, 1.82) is 0 Å². The highest BCUT2D eigenvalue weighted by molar-refractivity contribution is 5.93. The topological polar surface area (TPSA) is 55.8 Å². The summed E-state index contributed by atoms with van der Waals surface area (Å²) in [7, 11) is 0. The lowest BCUT2D eigenvalue weighted by molar-refractivity contribution is -0.132. The summed E-state index contributed by atoms with van der Waals surface area (Å²) in [5.41, 5.74) is 1.07. The van der Waals surface area contributed by atoms with Crippen molar-refractivity contribution in [3.63, 3.8) is 0 Å². The van der Waals surface area contributed by atoms with Gasteiger partial charge in [-0.25, -0.2) is 4.79 Å². The molecule has 0 aliphatic carbocycles. The monoisotopic (exact) mass is 279 g/mol. The molecule has 0 bridgehead atoms. The molecular weight excluding hydrogens is 258 g/mol. The van der Waals surface area contributed by atoms with Crippen LogP contribution in [0.15, 0.2) is 18.2 Å². The fourth-order valence-electron chi connectivity index (χ4n) is 1.81. The van der Waals surface area contributed by atoms with E-state index in [0.717, 1.165) is 5.56 Å². The molecule has 1 aromatic carbocycles.